The van der Waals surface area contributed by atoms with E-state index in [4.69, 9.17) is 4.74 Å². The van der Waals surface area contributed by atoms with Gasteiger partial charge < -0.3 is 10.1 Å². The molecule has 0 aromatic heterocycles. The van der Waals surface area contributed by atoms with E-state index in [2.05, 4.69) is 58.3 Å². The Balaban J connectivity index is 2.34. The zero-order chi connectivity index (χ0) is 13.5. The first kappa shape index (κ1) is 13.4. The van der Waals surface area contributed by atoms with Crippen LogP contribution in [0.25, 0.3) is 0 Å². The fourth-order valence-electron chi connectivity index (χ4n) is 3.20. The van der Waals surface area contributed by atoms with E-state index in [1.807, 2.05) is 0 Å². The lowest BCUT2D eigenvalue weighted by Gasteiger charge is -2.14. The number of methoxy groups -OCH3 is 1. The van der Waals surface area contributed by atoms with Crippen molar-refractivity contribution in [3.05, 3.63) is 29.3 Å². The van der Waals surface area contributed by atoms with Crippen LogP contribution in [0.5, 0.6) is 5.75 Å². The molecule has 18 heavy (non-hydrogen) atoms. The van der Waals surface area contributed by atoms with Crippen molar-refractivity contribution in [2.45, 2.75) is 45.6 Å². The van der Waals surface area contributed by atoms with Crippen molar-refractivity contribution < 1.29 is 4.74 Å². The highest BCUT2D eigenvalue weighted by molar-refractivity contribution is 5.44. The number of nitrogens with one attached hydrogen (secondary N) is 1. The van der Waals surface area contributed by atoms with Gasteiger partial charge in [0, 0.05) is 12.0 Å². The highest BCUT2D eigenvalue weighted by Gasteiger charge is 2.57. The molecule has 100 valence electrons. The molecular formula is C16H25NO. The molecule has 1 aromatic rings. The molecule has 0 aliphatic heterocycles. The fourth-order valence-corrected chi connectivity index (χ4v) is 3.20. The topological polar surface area (TPSA) is 21.3 Å². The van der Waals surface area contributed by atoms with Crippen molar-refractivity contribution in [3.8, 4) is 5.75 Å². The van der Waals surface area contributed by atoms with Crippen molar-refractivity contribution in [1.29, 1.82) is 0 Å². The van der Waals surface area contributed by atoms with Crippen LogP contribution in [-0.4, -0.2) is 20.2 Å². The van der Waals surface area contributed by atoms with Crippen LogP contribution in [-0.2, 0) is 0 Å². The minimum atomic E-state index is 0.359. The summed E-state index contributed by atoms with van der Waals surface area (Å²) in [6.07, 6.45) is 0. The zero-order valence-electron chi connectivity index (χ0n) is 12.4. The first-order chi connectivity index (χ1) is 8.43. The van der Waals surface area contributed by atoms with Crippen LogP contribution in [0.2, 0.25) is 0 Å². The average Bonchev–Trinajstić information content (AvgIpc) is 2.90. The predicted molar refractivity (Wildman–Crippen MR) is 76.5 cm³/mol. The van der Waals surface area contributed by atoms with Gasteiger partial charge in [-0.2, -0.15) is 0 Å². The van der Waals surface area contributed by atoms with Crippen molar-refractivity contribution in [1.82, 2.24) is 5.32 Å². The molecule has 1 saturated carbocycles. The summed E-state index contributed by atoms with van der Waals surface area (Å²) in [6.45, 7) is 9.10. The summed E-state index contributed by atoms with van der Waals surface area (Å²) >= 11 is 0. The number of likely N-dealkylation sites (N-methyl/N-ethyl adjacent to an activating group) is 1. The van der Waals surface area contributed by atoms with E-state index in [1.165, 1.54) is 11.1 Å². The van der Waals surface area contributed by atoms with Crippen molar-refractivity contribution >= 4 is 0 Å². The number of benzene rings is 1. The third kappa shape index (κ3) is 2.03. The normalized spacial score (nSPS) is 25.3. The van der Waals surface area contributed by atoms with E-state index in [-0.39, 0.29) is 0 Å². The molecule has 1 aliphatic rings. The number of hydrogen-bond acceptors (Lipinski definition) is 2. The van der Waals surface area contributed by atoms with Gasteiger partial charge in [0.25, 0.3) is 0 Å². The van der Waals surface area contributed by atoms with Gasteiger partial charge in [-0.3, -0.25) is 0 Å². The fraction of sp³-hybridized carbons (Fsp3) is 0.625. The predicted octanol–water partition coefficient (Wildman–Crippen LogP) is 3.53. The highest BCUT2D eigenvalue weighted by Crippen LogP contribution is 2.58. The maximum atomic E-state index is 5.45. The third-order valence-corrected chi connectivity index (χ3v) is 4.37. The maximum Gasteiger partial charge on any atom is 0.122 e. The smallest absolute Gasteiger partial charge is 0.122 e. The van der Waals surface area contributed by atoms with E-state index in [0.29, 0.717) is 23.3 Å². The lowest BCUT2D eigenvalue weighted by atomic mass is 9.95. The van der Waals surface area contributed by atoms with E-state index in [1.54, 1.807) is 7.11 Å². The van der Waals surface area contributed by atoms with Gasteiger partial charge in [0.05, 0.1) is 7.11 Å². The zero-order valence-corrected chi connectivity index (χ0v) is 12.4. The Morgan fingerprint density at radius 2 is 1.94 bits per heavy atom. The second-order valence-electron chi connectivity index (χ2n) is 6.22. The van der Waals surface area contributed by atoms with Gasteiger partial charge >= 0.3 is 0 Å². The molecular weight excluding hydrogens is 222 g/mol. The Hall–Kier alpha value is -1.02. The minimum Gasteiger partial charge on any atom is -0.496 e. The molecule has 2 unspecified atom stereocenters. The lowest BCUT2D eigenvalue weighted by molar-refractivity contribution is 0.407. The Morgan fingerprint density at radius 3 is 2.39 bits per heavy atom. The Labute approximate surface area is 111 Å². The van der Waals surface area contributed by atoms with Crippen molar-refractivity contribution in [3.63, 3.8) is 0 Å². The Bertz CT molecular complexity index is 437. The number of hydrogen-bond donors (Lipinski definition) is 1. The van der Waals surface area contributed by atoms with Gasteiger partial charge in [-0.25, -0.2) is 0 Å². The molecule has 0 heterocycles. The van der Waals surface area contributed by atoms with Crippen molar-refractivity contribution in [2.24, 2.45) is 5.41 Å². The van der Waals surface area contributed by atoms with Gasteiger partial charge in [-0.1, -0.05) is 39.8 Å². The summed E-state index contributed by atoms with van der Waals surface area (Å²) in [4.78, 5) is 0. The maximum absolute atomic E-state index is 5.45. The number of ether oxygens (including phenoxy) is 1. The Kier molecular flexibility index (Phi) is 3.41. The van der Waals surface area contributed by atoms with Crippen LogP contribution in [0.3, 0.4) is 0 Å². The molecule has 0 amide bonds. The SMILES string of the molecule is CNC1C(c2ccc(OC)c(C(C)C)c2)C1(C)C. The second kappa shape index (κ2) is 4.58. The molecule has 0 radical (unpaired) electrons. The summed E-state index contributed by atoms with van der Waals surface area (Å²) in [7, 11) is 3.80. The average molecular weight is 247 g/mol. The summed E-state index contributed by atoms with van der Waals surface area (Å²) < 4.78 is 5.45. The summed E-state index contributed by atoms with van der Waals surface area (Å²) in [5.74, 6) is 2.12. The van der Waals surface area contributed by atoms with Crippen LogP contribution >= 0.6 is 0 Å². The summed E-state index contributed by atoms with van der Waals surface area (Å²) in [5, 5.41) is 3.42. The molecule has 2 heteroatoms. The molecule has 0 saturated heterocycles. The number of rotatable bonds is 4. The quantitative estimate of drug-likeness (QED) is 0.879. The van der Waals surface area contributed by atoms with Crippen molar-refractivity contribution in [2.75, 3.05) is 14.2 Å². The molecule has 1 fully saturated rings. The van der Waals surface area contributed by atoms with E-state index in [9.17, 15) is 0 Å². The summed E-state index contributed by atoms with van der Waals surface area (Å²) in [6, 6.07) is 7.25. The first-order valence-corrected chi connectivity index (χ1v) is 6.78. The minimum absolute atomic E-state index is 0.359. The highest BCUT2D eigenvalue weighted by atomic mass is 16.5. The van der Waals surface area contributed by atoms with Gasteiger partial charge in [-0.15, -0.1) is 0 Å². The van der Waals surface area contributed by atoms with Crippen LogP contribution in [0.15, 0.2) is 18.2 Å². The Morgan fingerprint density at radius 1 is 1.28 bits per heavy atom. The monoisotopic (exact) mass is 247 g/mol. The van der Waals surface area contributed by atoms with Crippen LogP contribution in [0, 0.1) is 5.41 Å². The molecule has 0 spiro atoms. The first-order valence-electron chi connectivity index (χ1n) is 6.78. The molecule has 1 aromatic carbocycles. The van der Waals surface area contributed by atoms with Gasteiger partial charge in [0.15, 0.2) is 0 Å². The van der Waals surface area contributed by atoms with E-state index < -0.39 is 0 Å². The molecule has 1 N–H and O–H groups in total. The largest absolute Gasteiger partial charge is 0.496 e. The van der Waals surface area contributed by atoms with E-state index in [0.717, 1.165) is 5.75 Å². The molecule has 2 rings (SSSR count). The van der Waals surface area contributed by atoms with Crippen LogP contribution in [0.1, 0.15) is 50.7 Å². The van der Waals surface area contributed by atoms with Crippen LogP contribution < -0.4 is 10.1 Å². The van der Waals surface area contributed by atoms with Gasteiger partial charge in [0.2, 0.25) is 0 Å². The standard InChI is InChI=1S/C16H25NO/c1-10(2)12-9-11(7-8-13(12)18-6)14-15(17-5)16(14,3)4/h7-10,14-15,17H,1-6H3. The molecule has 0 bridgehead atoms. The third-order valence-electron chi connectivity index (χ3n) is 4.37. The molecule has 2 nitrogen and oxygen atoms in total. The van der Waals surface area contributed by atoms with E-state index >= 15 is 0 Å². The van der Waals surface area contributed by atoms with Crippen LogP contribution in [0.4, 0.5) is 0 Å². The lowest BCUT2D eigenvalue weighted by Crippen LogP contribution is -2.14. The molecule has 1 aliphatic carbocycles. The summed E-state index contributed by atoms with van der Waals surface area (Å²) in [5.41, 5.74) is 3.11. The molecule has 2 atom stereocenters. The second-order valence-corrected chi connectivity index (χ2v) is 6.22. The van der Waals surface area contributed by atoms with Gasteiger partial charge in [0.1, 0.15) is 5.75 Å². The van der Waals surface area contributed by atoms with Gasteiger partial charge in [-0.05, 0) is 35.6 Å².